The predicted octanol–water partition coefficient (Wildman–Crippen LogP) is 2.87. The number of anilines is 1. The third kappa shape index (κ3) is 1.89. The lowest BCUT2D eigenvalue weighted by molar-refractivity contribution is -0.124. The highest BCUT2D eigenvalue weighted by molar-refractivity contribution is 6.31. The minimum Gasteiger partial charge on any atom is -0.490 e. The van der Waals surface area contributed by atoms with Crippen molar-refractivity contribution < 1.29 is 9.53 Å². The van der Waals surface area contributed by atoms with Crippen LogP contribution in [0.2, 0.25) is 5.02 Å². The Morgan fingerprint density at radius 3 is 2.94 bits per heavy atom. The zero-order valence-corrected chi connectivity index (χ0v) is 10.2. The smallest absolute Gasteiger partial charge is 0.230 e. The number of hydrogen-bond acceptors (Lipinski definition) is 2. The highest BCUT2D eigenvalue weighted by Crippen LogP contribution is 2.37. The molecule has 2 aliphatic rings. The summed E-state index contributed by atoms with van der Waals surface area (Å²) in [6.07, 6.45) is 3.21. The Hall–Kier alpha value is -1.22. The van der Waals surface area contributed by atoms with Crippen molar-refractivity contribution in [3.8, 4) is 5.75 Å². The lowest BCUT2D eigenvalue weighted by Crippen LogP contribution is -2.43. The van der Waals surface area contributed by atoms with Crippen LogP contribution < -0.4 is 9.64 Å². The Bertz CT molecular complexity index is 457. The van der Waals surface area contributed by atoms with E-state index in [1.54, 1.807) is 6.07 Å². The second kappa shape index (κ2) is 4.22. The molecule has 3 nitrogen and oxygen atoms in total. The number of carbonyl (C=O) groups is 1. The van der Waals surface area contributed by atoms with Gasteiger partial charge in [0.25, 0.3) is 0 Å². The summed E-state index contributed by atoms with van der Waals surface area (Å²) in [7, 11) is 0. The molecule has 1 aliphatic carbocycles. The van der Waals surface area contributed by atoms with E-state index in [2.05, 4.69) is 0 Å². The summed E-state index contributed by atoms with van der Waals surface area (Å²) >= 11 is 5.98. The van der Waals surface area contributed by atoms with Crippen molar-refractivity contribution in [3.63, 3.8) is 0 Å². The largest absolute Gasteiger partial charge is 0.490 e. The molecule has 0 bridgehead atoms. The average Bonchev–Trinajstić information content (AvgIpc) is 2.25. The lowest BCUT2D eigenvalue weighted by Gasteiger charge is -2.35. The van der Waals surface area contributed by atoms with Crippen molar-refractivity contribution >= 4 is 23.2 Å². The molecule has 90 valence electrons. The number of halogens is 1. The van der Waals surface area contributed by atoms with Gasteiger partial charge in [0.05, 0.1) is 12.2 Å². The molecule has 4 heteroatoms. The maximum Gasteiger partial charge on any atom is 0.230 e. The third-order valence-corrected chi connectivity index (χ3v) is 3.74. The highest BCUT2D eigenvalue weighted by Gasteiger charge is 2.32. The maximum absolute atomic E-state index is 12.3. The van der Waals surface area contributed by atoms with Crippen LogP contribution in [0.4, 0.5) is 5.69 Å². The number of hydrogen-bond donors (Lipinski definition) is 0. The van der Waals surface area contributed by atoms with Crippen LogP contribution in [0.15, 0.2) is 18.2 Å². The van der Waals surface area contributed by atoms with Crippen molar-refractivity contribution in [2.24, 2.45) is 5.92 Å². The minimum atomic E-state index is 0.208. The number of rotatable bonds is 1. The molecule has 1 amide bonds. The normalized spacial score (nSPS) is 19.2. The molecular weight excluding hydrogens is 238 g/mol. The molecule has 0 atom stereocenters. The maximum atomic E-state index is 12.3. The fourth-order valence-electron chi connectivity index (χ4n) is 2.30. The van der Waals surface area contributed by atoms with Crippen LogP contribution in [0, 0.1) is 5.92 Å². The van der Waals surface area contributed by atoms with Crippen molar-refractivity contribution in [1.82, 2.24) is 0 Å². The molecule has 1 aromatic rings. The number of benzene rings is 1. The highest BCUT2D eigenvalue weighted by atomic mass is 35.5. The van der Waals surface area contributed by atoms with Crippen LogP contribution in [-0.4, -0.2) is 19.1 Å². The molecule has 17 heavy (non-hydrogen) atoms. The van der Waals surface area contributed by atoms with Crippen LogP contribution in [0.1, 0.15) is 19.3 Å². The Balaban J connectivity index is 1.92. The third-order valence-electron chi connectivity index (χ3n) is 3.50. The van der Waals surface area contributed by atoms with Crippen LogP contribution in [0.25, 0.3) is 0 Å². The van der Waals surface area contributed by atoms with Gasteiger partial charge in [-0.05, 0) is 31.0 Å². The topological polar surface area (TPSA) is 29.5 Å². The predicted molar refractivity (Wildman–Crippen MR) is 66.6 cm³/mol. The van der Waals surface area contributed by atoms with Gasteiger partial charge in [-0.15, -0.1) is 0 Å². The van der Waals surface area contributed by atoms with Gasteiger partial charge in [-0.1, -0.05) is 18.0 Å². The van der Waals surface area contributed by atoms with Crippen LogP contribution in [-0.2, 0) is 4.79 Å². The first-order valence-electron chi connectivity index (χ1n) is 5.99. The molecule has 1 fully saturated rings. The van der Waals surface area contributed by atoms with Gasteiger partial charge in [-0.2, -0.15) is 0 Å². The second-order valence-electron chi connectivity index (χ2n) is 4.58. The van der Waals surface area contributed by atoms with E-state index in [4.69, 9.17) is 16.3 Å². The molecule has 3 rings (SSSR count). The lowest BCUT2D eigenvalue weighted by atomic mass is 9.84. The summed E-state index contributed by atoms with van der Waals surface area (Å²) < 4.78 is 5.54. The van der Waals surface area contributed by atoms with Gasteiger partial charge < -0.3 is 9.64 Å². The molecular formula is C13H14ClNO2. The summed E-state index contributed by atoms with van der Waals surface area (Å²) in [5.74, 6) is 1.19. The SMILES string of the molecule is O=C(C1CCC1)N1CCOc2ccc(Cl)cc21. The molecule has 0 saturated heterocycles. The molecule has 0 unspecified atom stereocenters. The quantitative estimate of drug-likeness (QED) is 0.768. The van der Waals surface area contributed by atoms with E-state index in [0.29, 0.717) is 18.2 Å². The van der Waals surface area contributed by atoms with Gasteiger partial charge in [-0.3, -0.25) is 4.79 Å². The molecule has 0 N–H and O–H groups in total. The zero-order valence-electron chi connectivity index (χ0n) is 9.49. The van der Waals surface area contributed by atoms with E-state index in [1.165, 1.54) is 6.42 Å². The summed E-state index contributed by atoms with van der Waals surface area (Å²) in [4.78, 5) is 14.1. The number of carbonyl (C=O) groups excluding carboxylic acids is 1. The van der Waals surface area contributed by atoms with E-state index >= 15 is 0 Å². The molecule has 1 aromatic carbocycles. The Labute approximate surface area is 105 Å². The van der Waals surface area contributed by atoms with Crippen molar-refractivity contribution in [3.05, 3.63) is 23.2 Å². The van der Waals surface area contributed by atoms with E-state index in [1.807, 2.05) is 17.0 Å². The summed E-state index contributed by atoms with van der Waals surface area (Å²) in [5, 5.41) is 0.639. The first-order valence-corrected chi connectivity index (χ1v) is 6.37. The van der Waals surface area contributed by atoms with E-state index in [-0.39, 0.29) is 11.8 Å². The average molecular weight is 252 g/mol. The number of nitrogens with zero attached hydrogens (tertiary/aromatic N) is 1. The molecule has 1 aliphatic heterocycles. The van der Waals surface area contributed by atoms with Crippen molar-refractivity contribution in [2.45, 2.75) is 19.3 Å². The fourth-order valence-corrected chi connectivity index (χ4v) is 2.46. The zero-order chi connectivity index (χ0) is 11.8. The van der Waals surface area contributed by atoms with E-state index in [9.17, 15) is 4.79 Å². The summed E-state index contributed by atoms with van der Waals surface area (Å²) in [5.41, 5.74) is 0.820. The van der Waals surface area contributed by atoms with Gasteiger partial charge in [-0.25, -0.2) is 0 Å². The molecule has 0 aromatic heterocycles. The molecule has 0 spiro atoms. The molecule has 1 heterocycles. The Kier molecular flexibility index (Phi) is 2.71. The number of fused-ring (bicyclic) bond motifs is 1. The minimum absolute atomic E-state index is 0.208. The van der Waals surface area contributed by atoms with Gasteiger partial charge in [0.2, 0.25) is 5.91 Å². The Morgan fingerprint density at radius 2 is 2.24 bits per heavy atom. The number of amides is 1. The van der Waals surface area contributed by atoms with Gasteiger partial charge in [0, 0.05) is 10.9 Å². The summed E-state index contributed by atoms with van der Waals surface area (Å²) in [6, 6.07) is 5.43. The monoisotopic (exact) mass is 251 g/mol. The standard InChI is InChI=1S/C13H14ClNO2/c14-10-4-5-12-11(8-10)15(6-7-17-12)13(16)9-2-1-3-9/h4-5,8-9H,1-3,6-7H2. The fraction of sp³-hybridized carbons (Fsp3) is 0.462. The van der Waals surface area contributed by atoms with Crippen LogP contribution >= 0.6 is 11.6 Å². The van der Waals surface area contributed by atoms with Crippen molar-refractivity contribution in [1.29, 1.82) is 0 Å². The van der Waals surface area contributed by atoms with Gasteiger partial charge in [0.1, 0.15) is 12.4 Å². The first-order chi connectivity index (χ1) is 8.25. The van der Waals surface area contributed by atoms with Crippen LogP contribution in [0.5, 0.6) is 5.75 Å². The Morgan fingerprint density at radius 1 is 1.41 bits per heavy atom. The second-order valence-corrected chi connectivity index (χ2v) is 5.01. The van der Waals surface area contributed by atoms with E-state index < -0.39 is 0 Å². The van der Waals surface area contributed by atoms with Gasteiger partial charge >= 0.3 is 0 Å². The first kappa shape index (κ1) is 10.9. The summed E-state index contributed by atoms with van der Waals surface area (Å²) in [6.45, 7) is 1.19. The molecule has 0 radical (unpaired) electrons. The number of ether oxygens (including phenoxy) is 1. The van der Waals surface area contributed by atoms with Crippen molar-refractivity contribution in [2.75, 3.05) is 18.1 Å². The van der Waals surface area contributed by atoms with Crippen LogP contribution in [0.3, 0.4) is 0 Å². The van der Waals surface area contributed by atoms with E-state index in [0.717, 1.165) is 24.3 Å². The molecule has 1 saturated carbocycles. The van der Waals surface area contributed by atoms with Gasteiger partial charge in [0.15, 0.2) is 0 Å².